The molecule has 0 saturated heterocycles. The van der Waals surface area contributed by atoms with Gasteiger partial charge >= 0.3 is 5.97 Å². The van der Waals surface area contributed by atoms with Gasteiger partial charge in [0.15, 0.2) is 11.5 Å². The molecule has 22 heavy (non-hydrogen) atoms. The third-order valence-electron chi connectivity index (χ3n) is 3.18. The molecule has 0 unspecified atom stereocenters. The lowest BCUT2D eigenvalue weighted by atomic mass is 10.1. The smallest absolute Gasteiger partial charge is 0.339 e. The molecule has 2 aromatic carbocycles. The highest BCUT2D eigenvalue weighted by Gasteiger charge is 2.12. The second-order valence-electron chi connectivity index (χ2n) is 4.59. The fourth-order valence-corrected chi connectivity index (χ4v) is 2.10. The number of phenolic OH excluding ortho intramolecular Hbond substituents is 1. The van der Waals surface area contributed by atoms with E-state index < -0.39 is 5.97 Å². The van der Waals surface area contributed by atoms with Gasteiger partial charge in [0.05, 0.1) is 19.3 Å². The lowest BCUT2D eigenvalue weighted by molar-refractivity contribution is 0.0602. The summed E-state index contributed by atoms with van der Waals surface area (Å²) >= 11 is 0. The molecular formula is C17H19NO4. The third-order valence-corrected chi connectivity index (χ3v) is 3.18. The minimum atomic E-state index is -0.407. The summed E-state index contributed by atoms with van der Waals surface area (Å²) in [5.74, 6) is 0.144. The fourth-order valence-electron chi connectivity index (χ4n) is 2.10. The summed E-state index contributed by atoms with van der Waals surface area (Å²) in [6.07, 6.45) is 0. The molecule has 0 aliphatic rings. The number of ether oxygens (including phenoxy) is 2. The molecule has 2 N–H and O–H groups in total. The Hall–Kier alpha value is -2.69. The standard InChI is InChI=1S/C17H19NO4/c1-3-22-15-10-6-7-12(16(15)19)11-18-14-9-5-4-8-13(14)17(20)21-2/h4-10,18-19H,3,11H2,1-2H3. The summed E-state index contributed by atoms with van der Waals surface area (Å²) in [6, 6.07) is 12.4. The van der Waals surface area contributed by atoms with E-state index >= 15 is 0 Å². The first-order chi connectivity index (χ1) is 10.7. The van der Waals surface area contributed by atoms with E-state index in [9.17, 15) is 9.90 Å². The van der Waals surface area contributed by atoms with E-state index in [-0.39, 0.29) is 5.75 Å². The van der Waals surface area contributed by atoms with Crippen molar-refractivity contribution in [3.05, 3.63) is 53.6 Å². The number of para-hydroxylation sites is 2. The van der Waals surface area contributed by atoms with E-state index in [1.807, 2.05) is 19.1 Å². The maximum absolute atomic E-state index is 11.7. The van der Waals surface area contributed by atoms with Crippen molar-refractivity contribution >= 4 is 11.7 Å². The number of rotatable bonds is 6. The number of nitrogens with one attached hydrogen (secondary N) is 1. The minimum Gasteiger partial charge on any atom is -0.504 e. The van der Waals surface area contributed by atoms with Crippen LogP contribution in [0, 0.1) is 0 Å². The van der Waals surface area contributed by atoms with Gasteiger partial charge in [-0.25, -0.2) is 4.79 Å². The average molecular weight is 301 g/mol. The van der Waals surface area contributed by atoms with Gasteiger partial charge in [-0.3, -0.25) is 0 Å². The van der Waals surface area contributed by atoms with E-state index in [2.05, 4.69) is 5.32 Å². The Morgan fingerprint density at radius 1 is 1.18 bits per heavy atom. The van der Waals surface area contributed by atoms with E-state index in [1.165, 1.54) is 7.11 Å². The number of methoxy groups -OCH3 is 1. The number of carbonyl (C=O) groups is 1. The number of benzene rings is 2. The molecule has 0 aromatic heterocycles. The molecule has 0 saturated carbocycles. The monoisotopic (exact) mass is 301 g/mol. The van der Waals surface area contributed by atoms with Crippen molar-refractivity contribution < 1.29 is 19.4 Å². The van der Waals surface area contributed by atoms with Gasteiger partial charge in [0.1, 0.15) is 0 Å². The molecular weight excluding hydrogens is 282 g/mol. The molecule has 0 fully saturated rings. The number of phenols is 1. The first kappa shape index (κ1) is 15.7. The molecule has 0 heterocycles. The van der Waals surface area contributed by atoms with Crippen LogP contribution in [0.1, 0.15) is 22.8 Å². The number of anilines is 1. The lowest BCUT2D eigenvalue weighted by Gasteiger charge is -2.13. The van der Waals surface area contributed by atoms with E-state index in [1.54, 1.807) is 30.3 Å². The number of carbonyl (C=O) groups excluding carboxylic acids is 1. The Morgan fingerprint density at radius 2 is 1.95 bits per heavy atom. The van der Waals surface area contributed by atoms with Gasteiger partial charge in [0, 0.05) is 17.8 Å². The summed E-state index contributed by atoms with van der Waals surface area (Å²) in [7, 11) is 1.34. The molecule has 2 rings (SSSR count). The van der Waals surface area contributed by atoms with Crippen LogP contribution in [0.4, 0.5) is 5.69 Å². The molecule has 5 nitrogen and oxygen atoms in total. The van der Waals surface area contributed by atoms with Gasteiger partial charge in [0.25, 0.3) is 0 Å². The summed E-state index contributed by atoms with van der Waals surface area (Å²) < 4.78 is 10.1. The van der Waals surface area contributed by atoms with Crippen molar-refractivity contribution in [3.63, 3.8) is 0 Å². The lowest BCUT2D eigenvalue weighted by Crippen LogP contribution is -2.08. The maximum Gasteiger partial charge on any atom is 0.339 e. The predicted octanol–water partition coefficient (Wildman–Crippen LogP) is 3.19. The quantitative estimate of drug-likeness (QED) is 0.802. The van der Waals surface area contributed by atoms with Crippen LogP contribution in [0.25, 0.3) is 0 Å². The first-order valence-corrected chi connectivity index (χ1v) is 7.02. The maximum atomic E-state index is 11.7. The summed E-state index contributed by atoms with van der Waals surface area (Å²) in [6.45, 7) is 2.70. The molecule has 0 spiro atoms. The van der Waals surface area contributed by atoms with Crippen molar-refractivity contribution in [2.24, 2.45) is 0 Å². The van der Waals surface area contributed by atoms with Crippen LogP contribution < -0.4 is 10.1 Å². The van der Waals surface area contributed by atoms with Crippen LogP contribution in [0.15, 0.2) is 42.5 Å². The van der Waals surface area contributed by atoms with E-state index in [0.717, 1.165) is 0 Å². The van der Waals surface area contributed by atoms with Gasteiger partial charge < -0.3 is 19.9 Å². The minimum absolute atomic E-state index is 0.104. The summed E-state index contributed by atoms with van der Waals surface area (Å²) in [5, 5.41) is 13.3. The van der Waals surface area contributed by atoms with Crippen LogP contribution in [-0.4, -0.2) is 24.8 Å². The molecule has 2 aromatic rings. The third kappa shape index (κ3) is 3.49. The van der Waals surface area contributed by atoms with Crippen molar-refractivity contribution in [1.29, 1.82) is 0 Å². The van der Waals surface area contributed by atoms with Gasteiger partial charge in [0.2, 0.25) is 0 Å². The van der Waals surface area contributed by atoms with Crippen LogP contribution in [-0.2, 0) is 11.3 Å². The predicted molar refractivity (Wildman–Crippen MR) is 84.4 cm³/mol. The van der Waals surface area contributed by atoms with Crippen molar-refractivity contribution in [3.8, 4) is 11.5 Å². The largest absolute Gasteiger partial charge is 0.504 e. The van der Waals surface area contributed by atoms with Crippen LogP contribution >= 0.6 is 0 Å². The molecule has 0 bridgehead atoms. The highest BCUT2D eigenvalue weighted by molar-refractivity contribution is 5.95. The zero-order valence-electron chi connectivity index (χ0n) is 12.6. The highest BCUT2D eigenvalue weighted by Crippen LogP contribution is 2.30. The summed E-state index contributed by atoms with van der Waals surface area (Å²) in [4.78, 5) is 11.7. The number of aromatic hydroxyl groups is 1. The Morgan fingerprint density at radius 3 is 2.68 bits per heavy atom. The van der Waals surface area contributed by atoms with Crippen molar-refractivity contribution in [2.75, 3.05) is 19.0 Å². The normalized spacial score (nSPS) is 10.1. The first-order valence-electron chi connectivity index (χ1n) is 7.02. The van der Waals surface area contributed by atoms with E-state index in [4.69, 9.17) is 9.47 Å². The molecule has 0 aliphatic heterocycles. The Bertz CT molecular complexity index is 655. The zero-order chi connectivity index (χ0) is 15.9. The van der Waals surface area contributed by atoms with Gasteiger partial charge in [-0.15, -0.1) is 0 Å². The average Bonchev–Trinajstić information content (AvgIpc) is 2.55. The number of hydrogen-bond acceptors (Lipinski definition) is 5. The van der Waals surface area contributed by atoms with Crippen LogP contribution in [0.3, 0.4) is 0 Å². The van der Waals surface area contributed by atoms with E-state index in [0.29, 0.717) is 35.7 Å². The van der Waals surface area contributed by atoms with Gasteiger partial charge in [-0.05, 0) is 25.1 Å². The summed E-state index contributed by atoms with van der Waals surface area (Å²) in [5.41, 5.74) is 1.78. The topological polar surface area (TPSA) is 67.8 Å². The van der Waals surface area contributed by atoms with Gasteiger partial charge in [-0.2, -0.15) is 0 Å². The molecule has 0 amide bonds. The Labute approximate surface area is 129 Å². The van der Waals surface area contributed by atoms with Crippen molar-refractivity contribution in [2.45, 2.75) is 13.5 Å². The Kier molecular flexibility index (Phi) is 5.25. The highest BCUT2D eigenvalue weighted by atomic mass is 16.5. The zero-order valence-corrected chi connectivity index (χ0v) is 12.6. The Balaban J connectivity index is 2.17. The van der Waals surface area contributed by atoms with Gasteiger partial charge in [-0.1, -0.05) is 24.3 Å². The van der Waals surface area contributed by atoms with Crippen molar-refractivity contribution in [1.82, 2.24) is 0 Å². The number of esters is 1. The molecule has 0 radical (unpaired) electrons. The molecule has 116 valence electrons. The molecule has 5 heteroatoms. The SMILES string of the molecule is CCOc1cccc(CNc2ccccc2C(=O)OC)c1O. The second kappa shape index (κ2) is 7.36. The fraction of sp³-hybridized carbons (Fsp3) is 0.235. The number of hydrogen-bond donors (Lipinski definition) is 2. The van der Waals surface area contributed by atoms with Crippen LogP contribution in [0.2, 0.25) is 0 Å². The molecule has 0 atom stereocenters. The van der Waals surface area contributed by atoms with Crippen LogP contribution in [0.5, 0.6) is 11.5 Å². The second-order valence-corrected chi connectivity index (χ2v) is 4.59. The molecule has 0 aliphatic carbocycles.